The van der Waals surface area contributed by atoms with Gasteiger partial charge < -0.3 is 4.74 Å². The first-order valence-corrected chi connectivity index (χ1v) is 7.68. The molecule has 2 aromatic carbocycles. The lowest BCUT2D eigenvalue weighted by Crippen LogP contribution is -2.03. The van der Waals surface area contributed by atoms with Crippen LogP contribution in [0.1, 0.15) is 10.4 Å². The molecule has 24 heavy (non-hydrogen) atoms. The summed E-state index contributed by atoms with van der Waals surface area (Å²) in [6.45, 7) is 0. The fourth-order valence-electron chi connectivity index (χ4n) is 2.76. The van der Waals surface area contributed by atoms with E-state index in [0.29, 0.717) is 21.9 Å². The summed E-state index contributed by atoms with van der Waals surface area (Å²) in [5.74, 6) is -0.474. The van der Waals surface area contributed by atoms with E-state index in [-0.39, 0.29) is 0 Å². The van der Waals surface area contributed by atoms with Crippen molar-refractivity contribution in [3.8, 4) is 11.3 Å². The van der Waals surface area contributed by atoms with E-state index in [1.54, 1.807) is 4.52 Å². The maximum absolute atomic E-state index is 12.0. The molecule has 0 aliphatic carbocycles. The number of halogens is 1. The van der Waals surface area contributed by atoms with Crippen molar-refractivity contribution < 1.29 is 9.53 Å². The third-order valence-corrected chi connectivity index (χ3v) is 4.21. The minimum absolute atomic E-state index is 0.316. The Bertz CT molecular complexity index is 1090. The molecule has 118 valence electrons. The number of hydrogen-bond acceptors (Lipinski definition) is 4. The average Bonchev–Trinajstić information content (AvgIpc) is 3.05. The summed E-state index contributed by atoms with van der Waals surface area (Å²) in [7, 11) is 1.34. The van der Waals surface area contributed by atoms with Crippen LogP contribution in [0.2, 0.25) is 5.02 Å². The van der Waals surface area contributed by atoms with Crippen LogP contribution in [0, 0.1) is 0 Å². The number of carbonyl (C=O) groups is 1. The lowest BCUT2D eigenvalue weighted by molar-refractivity contribution is 0.0602. The second-order valence-corrected chi connectivity index (χ2v) is 5.65. The number of carbonyl (C=O) groups excluding carboxylic acids is 1. The Balaban J connectivity index is 2.15. The molecule has 0 atom stereocenters. The molecule has 0 radical (unpaired) electrons. The third kappa shape index (κ3) is 2.13. The van der Waals surface area contributed by atoms with Crippen LogP contribution in [0.15, 0.2) is 54.7 Å². The number of nitrogens with zero attached hydrogens (tertiary/aromatic N) is 3. The molecular formula is C18H12ClN3O2. The Morgan fingerprint density at radius 3 is 2.67 bits per heavy atom. The highest BCUT2D eigenvalue weighted by atomic mass is 35.5. The number of para-hydroxylation sites is 1. The second kappa shape index (κ2) is 5.62. The summed E-state index contributed by atoms with van der Waals surface area (Å²) in [6, 6.07) is 15.2. The first-order valence-electron chi connectivity index (χ1n) is 7.30. The Morgan fingerprint density at radius 2 is 1.88 bits per heavy atom. The molecule has 0 saturated heterocycles. The van der Waals surface area contributed by atoms with Gasteiger partial charge in [0.05, 0.1) is 24.5 Å². The van der Waals surface area contributed by atoms with E-state index in [0.717, 1.165) is 16.5 Å². The van der Waals surface area contributed by atoms with Crippen LogP contribution in [0.25, 0.3) is 27.8 Å². The minimum Gasteiger partial charge on any atom is -0.465 e. The molecule has 4 aromatic rings. The molecule has 0 saturated carbocycles. The molecule has 5 nitrogen and oxygen atoms in total. The predicted molar refractivity (Wildman–Crippen MR) is 92.3 cm³/mol. The highest BCUT2D eigenvalue weighted by molar-refractivity contribution is 6.33. The van der Waals surface area contributed by atoms with Crippen LogP contribution in [-0.4, -0.2) is 27.7 Å². The van der Waals surface area contributed by atoms with Crippen LogP contribution in [-0.2, 0) is 4.74 Å². The zero-order valence-electron chi connectivity index (χ0n) is 12.7. The molecule has 6 heteroatoms. The summed E-state index contributed by atoms with van der Waals surface area (Å²) >= 11 is 6.36. The van der Waals surface area contributed by atoms with E-state index in [1.165, 1.54) is 13.3 Å². The van der Waals surface area contributed by atoms with E-state index < -0.39 is 5.97 Å². The summed E-state index contributed by atoms with van der Waals surface area (Å²) in [4.78, 5) is 16.7. The number of ether oxygens (including phenoxy) is 1. The van der Waals surface area contributed by atoms with Gasteiger partial charge in [0.1, 0.15) is 5.56 Å². The first-order chi connectivity index (χ1) is 11.7. The summed E-state index contributed by atoms with van der Waals surface area (Å²) in [5.41, 5.74) is 3.10. The molecule has 0 amide bonds. The number of hydrogen-bond donors (Lipinski definition) is 0. The van der Waals surface area contributed by atoms with Gasteiger partial charge >= 0.3 is 5.97 Å². The molecule has 0 bridgehead atoms. The van der Waals surface area contributed by atoms with Crippen molar-refractivity contribution >= 4 is 34.1 Å². The van der Waals surface area contributed by atoms with Gasteiger partial charge in [-0.15, -0.1) is 0 Å². The maximum Gasteiger partial charge on any atom is 0.343 e. The Kier molecular flexibility index (Phi) is 3.43. The van der Waals surface area contributed by atoms with E-state index in [2.05, 4.69) is 10.1 Å². The summed E-state index contributed by atoms with van der Waals surface area (Å²) in [6.07, 6.45) is 1.47. The van der Waals surface area contributed by atoms with E-state index in [4.69, 9.17) is 16.3 Å². The standard InChI is InChI=1S/C18H12ClN3O2/c1-24-18(23)13-10-20-22-15-9-5-3-7-12(15)16(21-17(13)22)11-6-2-4-8-14(11)19/h2-10H,1H3. The normalized spacial score (nSPS) is 11.1. The number of benzene rings is 2. The molecule has 2 aromatic heterocycles. The molecule has 4 rings (SSSR count). The molecule has 0 N–H and O–H groups in total. The number of esters is 1. The molecule has 0 unspecified atom stereocenters. The number of fused-ring (bicyclic) bond motifs is 3. The molecule has 2 heterocycles. The van der Waals surface area contributed by atoms with Crippen LogP contribution >= 0.6 is 11.6 Å². The van der Waals surface area contributed by atoms with Crippen LogP contribution in [0.3, 0.4) is 0 Å². The van der Waals surface area contributed by atoms with Gasteiger partial charge in [-0.05, 0) is 12.1 Å². The van der Waals surface area contributed by atoms with Crippen molar-refractivity contribution in [2.75, 3.05) is 7.11 Å². The second-order valence-electron chi connectivity index (χ2n) is 5.24. The van der Waals surface area contributed by atoms with Gasteiger partial charge in [0.25, 0.3) is 0 Å². The van der Waals surface area contributed by atoms with E-state index in [1.807, 2.05) is 48.5 Å². The number of rotatable bonds is 2. The molecule has 0 aliphatic rings. The van der Waals surface area contributed by atoms with Crippen LogP contribution in [0.4, 0.5) is 0 Å². The fraction of sp³-hybridized carbons (Fsp3) is 0.0556. The van der Waals surface area contributed by atoms with Crippen molar-refractivity contribution in [3.05, 3.63) is 65.3 Å². The van der Waals surface area contributed by atoms with Crippen molar-refractivity contribution in [2.45, 2.75) is 0 Å². The van der Waals surface area contributed by atoms with Crippen molar-refractivity contribution in [3.63, 3.8) is 0 Å². The Hall–Kier alpha value is -2.92. The molecule has 0 fully saturated rings. The lowest BCUT2D eigenvalue weighted by Gasteiger charge is -2.10. The van der Waals surface area contributed by atoms with Gasteiger partial charge in [-0.3, -0.25) is 0 Å². The maximum atomic E-state index is 12.0. The van der Waals surface area contributed by atoms with Crippen LogP contribution in [0.5, 0.6) is 0 Å². The topological polar surface area (TPSA) is 56.5 Å². The van der Waals surface area contributed by atoms with E-state index >= 15 is 0 Å². The van der Waals surface area contributed by atoms with Crippen molar-refractivity contribution in [1.29, 1.82) is 0 Å². The lowest BCUT2D eigenvalue weighted by atomic mass is 10.1. The van der Waals surface area contributed by atoms with Gasteiger partial charge in [-0.1, -0.05) is 48.0 Å². The number of aromatic nitrogens is 3. The molecular weight excluding hydrogens is 326 g/mol. The third-order valence-electron chi connectivity index (χ3n) is 3.88. The zero-order chi connectivity index (χ0) is 16.7. The largest absolute Gasteiger partial charge is 0.465 e. The van der Waals surface area contributed by atoms with Crippen LogP contribution < -0.4 is 0 Å². The molecule has 0 aliphatic heterocycles. The fourth-order valence-corrected chi connectivity index (χ4v) is 2.99. The summed E-state index contributed by atoms with van der Waals surface area (Å²) < 4.78 is 6.47. The van der Waals surface area contributed by atoms with Crippen molar-refractivity contribution in [1.82, 2.24) is 14.6 Å². The predicted octanol–water partition coefficient (Wildman–Crippen LogP) is 3.99. The SMILES string of the molecule is COC(=O)c1cnn2c1nc(-c1ccccc1Cl)c1ccccc12. The van der Waals surface area contributed by atoms with Gasteiger partial charge in [0.2, 0.25) is 0 Å². The Labute approximate surface area is 142 Å². The summed E-state index contributed by atoms with van der Waals surface area (Å²) in [5, 5.41) is 5.79. The smallest absolute Gasteiger partial charge is 0.343 e. The number of methoxy groups -OCH3 is 1. The Morgan fingerprint density at radius 1 is 1.12 bits per heavy atom. The molecule has 0 spiro atoms. The highest BCUT2D eigenvalue weighted by Crippen LogP contribution is 2.33. The van der Waals surface area contributed by atoms with Gasteiger partial charge in [0, 0.05) is 16.0 Å². The minimum atomic E-state index is -0.474. The monoisotopic (exact) mass is 337 g/mol. The van der Waals surface area contributed by atoms with Gasteiger partial charge in [-0.25, -0.2) is 14.3 Å². The zero-order valence-corrected chi connectivity index (χ0v) is 13.5. The van der Waals surface area contributed by atoms with Gasteiger partial charge in [0.15, 0.2) is 5.65 Å². The highest BCUT2D eigenvalue weighted by Gasteiger charge is 2.19. The quantitative estimate of drug-likeness (QED) is 0.519. The van der Waals surface area contributed by atoms with E-state index in [9.17, 15) is 4.79 Å². The van der Waals surface area contributed by atoms with Crippen molar-refractivity contribution in [2.24, 2.45) is 0 Å². The average molecular weight is 338 g/mol. The first kappa shape index (κ1) is 14.7. The van der Waals surface area contributed by atoms with Gasteiger partial charge in [-0.2, -0.15) is 5.10 Å².